The molecular weight excluding hydrogens is 364 g/mol. The standard InChI is InChI=1S/C21H21ClN2OS/c1-5-21(4)14(22)9-12-16(18(21)23-10-26)17-15-11(20(12,2)3)7-6-8-13(15)24-19(17)25/h5-8,12,14,18H,1,9H2,2-4H3,(H,24,25)/t12-,14+,18?,21-/m0/s1. The van der Waals surface area contributed by atoms with Crippen molar-refractivity contribution in [3.05, 3.63) is 47.6 Å². The van der Waals surface area contributed by atoms with Gasteiger partial charge in [-0.2, -0.15) is 0 Å². The molecule has 3 nitrogen and oxygen atoms in total. The summed E-state index contributed by atoms with van der Waals surface area (Å²) in [4.78, 5) is 17.4. The Morgan fingerprint density at radius 3 is 2.81 bits per heavy atom. The maximum atomic E-state index is 12.9. The Bertz CT molecular complexity index is 928. The molecule has 1 saturated carbocycles. The lowest BCUT2D eigenvalue weighted by molar-refractivity contribution is -0.110. The van der Waals surface area contributed by atoms with Gasteiger partial charge in [0.05, 0.1) is 16.8 Å². The maximum Gasteiger partial charge on any atom is 0.256 e. The first-order chi connectivity index (χ1) is 12.3. The molecular formula is C21H21ClN2OS. The van der Waals surface area contributed by atoms with Gasteiger partial charge in [0.25, 0.3) is 5.91 Å². The SMILES string of the molecule is C=C[C@]1(C)C(N=C=S)C2=C3C(=O)Nc4cccc(c43)C(C)(C)[C@H]2C[C@H]1Cl. The molecule has 4 atom stereocenters. The molecule has 1 aliphatic heterocycles. The summed E-state index contributed by atoms with van der Waals surface area (Å²) in [6.45, 7) is 10.5. The zero-order chi connectivity index (χ0) is 18.9. The first-order valence-corrected chi connectivity index (χ1v) is 9.65. The molecule has 2 aliphatic carbocycles. The molecule has 1 aromatic carbocycles. The summed E-state index contributed by atoms with van der Waals surface area (Å²) < 4.78 is 0. The van der Waals surface area contributed by atoms with Gasteiger partial charge in [-0.15, -0.1) is 18.2 Å². The fourth-order valence-corrected chi connectivity index (χ4v) is 5.50. The van der Waals surface area contributed by atoms with Crippen molar-refractivity contribution in [2.24, 2.45) is 16.3 Å². The van der Waals surface area contributed by atoms with Gasteiger partial charge in [0.15, 0.2) is 0 Å². The van der Waals surface area contributed by atoms with Crippen LogP contribution in [0.5, 0.6) is 0 Å². The first kappa shape index (κ1) is 17.7. The number of anilines is 1. The highest BCUT2D eigenvalue weighted by Crippen LogP contribution is 2.60. The number of aliphatic imine (C=N–C) groups is 1. The van der Waals surface area contributed by atoms with Gasteiger partial charge >= 0.3 is 0 Å². The molecule has 1 heterocycles. The predicted molar refractivity (Wildman–Crippen MR) is 110 cm³/mol. The van der Waals surface area contributed by atoms with Crippen LogP contribution in [0.2, 0.25) is 0 Å². The molecule has 0 aromatic heterocycles. The van der Waals surface area contributed by atoms with Crippen LogP contribution in [0.15, 0.2) is 41.4 Å². The monoisotopic (exact) mass is 384 g/mol. The van der Waals surface area contributed by atoms with E-state index in [1.54, 1.807) is 0 Å². The highest BCUT2D eigenvalue weighted by molar-refractivity contribution is 7.78. The fourth-order valence-electron chi connectivity index (χ4n) is 5.00. The van der Waals surface area contributed by atoms with E-state index in [-0.39, 0.29) is 28.7 Å². The van der Waals surface area contributed by atoms with E-state index in [4.69, 9.17) is 23.8 Å². The Labute approximate surface area is 164 Å². The molecule has 0 spiro atoms. The molecule has 134 valence electrons. The van der Waals surface area contributed by atoms with Crippen LogP contribution in [-0.4, -0.2) is 22.5 Å². The predicted octanol–water partition coefficient (Wildman–Crippen LogP) is 4.97. The third-order valence-corrected chi connectivity index (χ3v) is 7.40. The van der Waals surface area contributed by atoms with Crippen LogP contribution in [0.3, 0.4) is 0 Å². The number of hydrogen-bond acceptors (Lipinski definition) is 3. The quantitative estimate of drug-likeness (QED) is 0.338. The average Bonchev–Trinajstić information content (AvgIpc) is 2.93. The van der Waals surface area contributed by atoms with Crippen LogP contribution >= 0.6 is 23.8 Å². The van der Waals surface area contributed by atoms with Gasteiger partial charge in [-0.05, 0) is 47.2 Å². The Hall–Kier alpha value is -1.74. The number of fused-ring (bicyclic) bond motifs is 1. The van der Waals surface area contributed by atoms with Gasteiger partial charge in [-0.25, -0.2) is 4.99 Å². The second kappa shape index (κ2) is 5.63. The van der Waals surface area contributed by atoms with Crippen molar-refractivity contribution in [1.82, 2.24) is 0 Å². The van der Waals surface area contributed by atoms with Crippen molar-refractivity contribution in [2.75, 3.05) is 5.32 Å². The summed E-state index contributed by atoms with van der Waals surface area (Å²) in [5, 5.41) is 5.42. The van der Waals surface area contributed by atoms with E-state index in [9.17, 15) is 4.79 Å². The van der Waals surface area contributed by atoms with Crippen LogP contribution in [-0.2, 0) is 10.2 Å². The number of carbonyl (C=O) groups excluding carboxylic acids is 1. The van der Waals surface area contributed by atoms with E-state index in [1.807, 2.05) is 25.1 Å². The minimum Gasteiger partial charge on any atom is -0.321 e. The number of hydrogen-bond donors (Lipinski definition) is 1. The van der Waals surface area contributed by atoms with Gasteiger partial charge < -0.3 is 5.32 Å². The zero-order valence-corrected chi connectivity index (χ0v) is 16.7. The Balaban J connectivity index is 2.11. The second-order valence-corrected chi connectivity index (χ2v) is 8.89. The molecule has 1 N–H and O–H groups in total. The molecule has 3 aliphatic rings. The van der Waals surface area contributed by atoms with E-state index < -0.39 is 5.41 Å². The molecule has 1 fully saturated rings. The summed E-state index contributed by atoms with van der Waals surface area (Å²) in [7, 11) is 0. The summed E-state index contributed by atoms with van der Waals surface area (Å²) >= 11 is 11.8. The summed E-state index contributed by atoms with van der Waals surface area (Å²) in [6.07, 6.45) is 2.62. The molecule has 0 bridgehead atoms. The zero-order valence-electron chi connectivity index (χ0n) is 15.1. The van der Waals surface area contributed by atoms with Gasteiger partial charge in [0.1, 0.15) is 0 Å². The second-order valence-electron chi connectivity index (χ2n) is 8.18. The van der Waals surface area contributed by atoms with E-state index in [0.717, 1.165) is 28.8 Å². The molecule has 0 radical (unpaired) electrons. The van der Waals surface area contributed by atoms with Crippen LogP contribution in [0, 0.1) is 11.3 Å². The van der Waals surface area contributed by atoms with Crippen LogP contribution in [0.25, 0.3) is 5.57 Å². The van der Waals surface area contributed by atoms with Crippen molar-refractivity contribution >= 4 is 46.1 Å². The summed E-state index contributed by atoms with van der Waals surface area (Å²) in [5.41, 5.74) is 4.20. The highest BCUT2D eigenvalue weighted by atomic mass is 35.5. The number of amides is 1. The fraction of sp³-hybridized carbons (Fsp3) is 0.429. The van der Waals surface area contributed by atoms with Crippen molar-refractivity contribution in [1.29, 1.82) is 0 Å². The number of alkyl halides is 1. The average molecular weight is 385 g/mol. The number of carbonyl (C=O) groups is 1. The summed E-state index contributed by atoms with van der Waals surface area (Å²) in [6, 6.07) is 5.75. The normalized spacial score (nSPS) is 33.7. The van der Waals surface area contributed by atoms with Crippen molar-refractivity contribution in [3.8, 4) is 0 Å². The van der Waals surface area contributed by atoms with E-state index in [2.05, 4.69) is 42.0 Å². The molecule has 0 saturated heterocycles. The van der Waals surface area contributed by atoms with Gasteiger partial charge in [0.2, 0.25) is 0 Å². The third-order valence-electron chi connectivity index (χ3n) is 6.64. The van der Waals surface area contributed by atoms with E-state index >= 15 is 0 Å². The first-order valence-electron chi connectivity index (χ1n) is 8.81. The number of halogens is 1. The number of isothiocyanates is 1. The van der Waals surface area contributed by atoms with Gasteiger partial charge in [-0.1, -0.05) is 39.0 Å². The smallest absolute Gasteiger partial charge is 0.256 e. The Kier molecular flexibility index (Phi) is 3.82. The van der Waals surface area contributed by atoms with Crippen molar-refractivity contribution in [3.63, 3.8) is 0 Å². The molecule has 26 heavy (non-hydrogen) atoms. The van der Waals surface area contributed by atoms with E-state index in [1.165, 1.54) is 5.56 Å². The van der Waals surface area contributed by atoms with Crippen molar-refractivity contribution in [2.45, 2.75) is 44.0 Å². The maximum absolute atomic E-state index is 12.9. The molecule has 1 unspecified atom stereocenters. The number of rotatable bonds is 2. The lowest BCUT2D eigenvalue weighted by Gasteiger charge is -2.52. The highest BCUT2D eigenvalue weighted by Gasteiger charge is 2.56. The van der Waals surface area contributed by atoms with Gasteiger partial charge in [-0.3, -0.25) is 4.79 Å². The molecule has 4 rings (SSSR count). The van der Waals surface area contributed by atoms with Crippen LogP contribution in [0.4, 0.5) is 5.69 Å². The minimum absolute atomic E-state index is 0.0630. The van der Waals surface area contributed by atoms with Crippen LogP contribution in [0.1, 0.15) is 38.3 Å². The third kappa shape index (κ3) is 2.04. The topological polar surface area (TPSA) is 41.5 Å². The summed E-state index contributed by atoms with van der Waals surface area (Å²) in [5.74, 6) is 0.0451. The Morgan fingerprint density at radius 2 is 2.15 bits per heavy atom. The largest absolute Gasteiger partial charge is 0.321 e. The number of thiocarbonyl (C=S) groups is 1. The molecule has 1 aromatic rings. The van der Waals surface area contributed by atoms with Crippen LogP contribution < -0.4 is 5.32 Å². The number of benzene rings is 1. The molecule has 1 amide bonds. The Morgan fingerprint density at radius 1 is 1.42 bits per heavy atom. The van der Waals surface area contributed by atoms with Crippen molar-refractivity contribution < 1.29 is 4.79 Å². The number of nitrogens with zero attached hydrogens (tertiary/aromatic N) is 1. The number of nitrogens with one attached hydrogen (secondary N) is 1. The lowest BCUT2D eigenvalue weighted by Crippen LogP contribution is -2.52. The minimum atomic E-state index is -0.488. The van der Waals surface area contributed by atoms with Gasteiger partial charge in [0, 0.05) is 22.0 Å². The molecule has 5 heteroatoms. The van der Waals surface area contributed by atoms with E-state index in [0.29, 0.717) is 0 Å². The lowest BCUT2D eigenvalue weighted by atomic mass is 9.53.